The summed E-state index contributed by atoms with van der Waals surface area (Å²) in [7, 11) is -2.00. The molecule has 0 radical (unpaired) electrons. The number of rotatable bonds is 4. The number of hydrogen-bond acceptors (Lipinski definition) is 5. The third-order valence-electron chi connectivity index (χ3n) is 4.83. The van der Waals surface area contributed by atoms with Crippen molar-refractivity contribution in [3.63, 3.8) is 0 Å². The van der Waals surface area contributed by atoms with Crippen LogP contribution in [0.15, 0.2) is 24.3 Å². The molecule has 0 saturated carbocycles. The lowest BCUT2D eigenvalue weighted by molar-refractivity contribution is -0.125. The second-order valence-corrected chi connectivity index (χ2v) is 8.58. The Morgan fingerprint density at radius 1 is 1.08 bits per heavy atom. The maximum atomic E-state index is 12.8. The molecule has 2 fully saturated rings. The average Bonchev–Trinajstić information content (AvgIpc) is 2.61. The van der Waals surface area contributed by atoms with Gasteiger partial charge in [0.15, 0.2) is 0 Å². The summed E-state index contributed by atoms with van der Waals surface area (Å²) in [4.78, 5) is 28.0. The highest BCUT2D eigenvalue weighted by Crippen LogP contribution is 2.27. The number of hydrogen-bond donors (Lipinski definition) is 0. The van der Waals surface area contributed by atoms with Crippen LogP contribution >= 0.6 is 0 Å². The van der Waals surface area contributed by atoms with E-state index in [1.54, 1.807) is 34.1 Å². The van der Waals surface area contributed by atoms with Gasteiger partial charge in [-0.3, -0.25) is 9.59 Å². The molecule has 26 heavy (non-hydrogen) atoms. The van der Waals surface area contributed by atoms with Gasteiger partial charge in [0.25, 0.3) is 5.91 Å². The zero-order chi connectivity index (χ0) is 18.9. The van der Waals surface area contributed by atoms with E-state index < -0.39 is 16.1 Å². The lowest BCUT2D eigenvalue weighted by atomic mass is 10.0. The van der Waals surface area contributed by atoms with Crippen LogP contribution in [0.1, 0.15) is 12.8 Å². The van der Waals surface area contributed by atoms with Gasteiger partial charge in [-0.25, -0.2) is 8.42 Å². The van der Waals surface area contributed by atoms with Gasteiger partial charge in [-0.05, 0) is 37.1 Å². The topological polar surface area (TPSA) is 87.2 Å². The second-order valence-electron chi connectivity index (χ2n) is 6.54. The number of piperidine rings is 1. The lowest BCUT2D eigenvalue weighted by Gasteiger charge is -2.36. The van der Waals surface area contributed by atoms with Gasteiger partial charge in [0.1, 0.15) is 12.6 Å². The molecular weight excluding hydrogens is 358 g/mol. The SMILES string of the molecule is CN(C1CCCN(c2ccc(N3CCOCC3=O)cc2)C1=O)S(C)(=O)=O. The van der Waals surface area contributed by atoms with Crippen molar-refractivity contribution < 1.29 is 22.7 Å². The number of amides is 2. The van der Waals surface area contributed by atoms with Crippen LogP contribution in [0.4, 0.5) is 11.4 Å². The molecule has 2 saturated heterocycles. The van der Waals surface area contributed by atoms with Crippen LogP contribution in [-0.2, 0) is 24.3 Å². The predicted molar refractivity (Wildman–Crippen MR) is 97.6 cm³/mol. The van der Waals surface area contributed by atoms with Gasteiger partial charge in [0.2, 0.25) is 15.9 Å². The van der Waals surface area contributed by atoms with Crippen molar-refractivity contribution in [2.75, 3.05) is 49.4 Å². The molecule has 0 aromatic heterocycles. The summed E-state index contributed by atoms with van der Waals surface area (Å²) in [6, 6.07) is 6.50. The normalized spacial score (nSPS) is 22.2. The van der Waals surface area contributed by atoms with E-state index >= 15 is 0 Å². The van der Waals surface area contributed by atoms with Crippen molar-refractivity contribution in [3.05, 3.63) is 24.3 Å². The minimum atomic E-state index is -3.44. The Morgan fingerprint density at radius 2 is 1.69 bits per heavy atom. The first-order valence-corrected chi connectivity index (χ1v) is 10.4. The lowest BCUT2D eigenvalue weighted by Crippen LogP contribution is -2.52. The molecule has 2 aliphatic heterocycles. The predicted octanol–water partition coefficient (Wildman–Crippen LogP) is 0.437. The molecule has 142 valence electrons. The third kappa shape index (κ3) is 3.74. The van der Waals surface area contributed by atoms with Crippen molar-refractivity contribution >= 4 is 33.2 Å². The highest BCUT2D eigenvalue weighted by Gasteiger charge is 2.36. The second kappa shape index (κ2) is 7.34. The largest absolute Gasteiger partial charge is 0.370 e. The molecule has 2 amide bonds. The van der Waals surface area contributed by atoms with Crippen molar-refractivity contribution in [3.8, 4) is 0 Å². The Hall–Kier alpha value is -1.97. The molecule has 3 rings (SSSR count). The molecule has 1 atom stereocenters. The zero-order valence-electron chi connectivity index (χ0n) is 14.9. The van der Waals surface area contributed by atoms with Crippen molar-refractivity contribution in [1.82, 2.24) is 4.31 Å². The quantitative estimate of drug-likeness (QED) is 0.755. The standard InChI is InChI=1S/C17H23N3O5S/c1-18(26(2,23)24)15-4-3-9-20(17(15)22)14-7-5-13(6-8-14)19-10-11-25-12-16(19)21/h5-8,15H,3-4,9-12H2,1-2H3. The van der Waals surface area contributed by atoms with E-state index in [1.165, 1.54) is 7.05 Å². The smallest absolute Gasteiger partial charge is 0.253 e. The van der Waals surface area contributed by atoms with Gasteiger partial charge in [0.05, 0.1) is 12.9 Å². The first kappa shape index (κ1) is 18.8. The van der Waals surface area contributed by atoms with Gasteiger partial charge >= 0.3 is 0 Å². The van der Waals surface area contributed by atoms with Crippen LogP contribution in [0, 0.1) is 0 Å². The van der Waals surface area contributed by atoms with Gasteiger partial charge < -0.3 is 14.5 Å². The first-order chi connectivity index (χ1) is 12.3. The number of morpholine rings is 1. The Balaban J connectivity index is 1.78. The molecule has 2 heterocycles. The Labute approximate surface area is 153 Å². The fraction of sp³-hybridized carbons (Fsp3) is 0.529. The maximum Gasteiger partial charge on any atom is 0.253 e. The minimum Gasteiger partial charge on any atom is -0.370 e. The Bertz CT molecular complexity index is 793. The summed E-state index contributed by atoms with van der Waals surface area (Å²) in [5.74, 6) is -0.313. The van der Waals surface area contributed by atoms with E-state index in [9.17, 15) is 18.0 Å². The van der Waals surface area contributed by atoms with Crippen LogP contribution < -0.4 is 9.80 Å². The van der Waals surface area contributed by atoms with Crippen LogP contribution in [-0.4, -0.2) is 70.2 Å². The zero-order valence-corrected chi connectivity index (χ0v) is 15.7. The fourth-order valence-corrected chi connectivity index (χ4v) is 3.94. The van der Waals surface area contributed by atoms with Crippen molar-refractivity contribution in [1.29, 1.82) is 0 Å². The monoisotopic (exact) mass is 381 g/mol. The molecule has 9 heteroatoms. The maximum absolute atomic E-state index is 12.8. The van der Waals surface area contributed by atoms with Crippen LogP contribution in [0.2, 0.25) is 0 Å². The molecule has 1 aromatic carbocycles. The molecule has 1 aromatic rings. The van der Waals surface area contributed by atoms with Gasteiger partial charge in [0, 0.05) is 31.5 Å². The van der Waals surface area contributed by atoms with E-state index in [4.69, 9.17) is 4.74 Å². The number of ether oxygens (including phenoxy) is 1. The molecular formula is C17H23N3O5S. The number of carbonyl (C=O) groups is 2. The van der Waals surface area contributed by atoms with E-state index in [0.29, 0.717) is 31.8 Å². The summed E-state index contributed by atoms with van der Waals surface area (Å²) in [5.41, 5.74) is 1.46. The molecule has 0 bridgehead atoms. The van der Waals surface area contributed by atoms with Crippen LogP contribution in [0.5, 0.6) is 0 Å². The van der Waals surface area contributed by atoms with Gasteiger partial charge in [-0.2, -0.15) is 4.31 Å². The minimum absolute atomic E-state index is 0.0753. The average molecular weight is 381 g/mol. The number of likely N-dealkylation sites (N-methyl/N-ethyl adjacent to an activating group) is 1. The summed E-state index contributed by atoms with van der Waals surface area (Å²) in [5, 5.41) is 0. The fourth-order valence-electron chi connectivity index (χ4n) is 3.28. The molecule has 8 nitrogen and oxygen atoms in total. The molecule has 0 N–H and O–H groups in total. The van der Waals surface area contributed by atoms with E-state index in [2.05, 4.69) is 0 Å². The summed E-state index contributed by atoms with van der Waals surface area (Å²) < 4.78 is 29.8. The highest BCUT2D eigenvalue weighted by molar-refractivity contribution is 7.88. The first-order valence-electron chi connectivity index (χ1n) is 8.51. The van der Waals surface area contributed by atoms with E-state index in [-0.39, 0.29) is 18.4 Å². The molecule has 2 aliphatic rings. The van der Waals surface area contributed by atoms with Gasteiger partial charge in [-0.1, -0.05) is 0 Å². The number of benzene rings is 1. The summed E-state index contributed by atoms with van der Waals surface area (Å²) >= 11 is 0. The summed E-state index contributed by atoms with van der Waals surface area (Å²) in [6.45, 7) is 1.62. The Kier molecular flexibility index (Phi) is 5.31. The van der Waals surface area contributed by atoms with Crippen molar-refractivity contribution in [2.45, 2.75) is 18.9 Å². The van der Waals surface area contributed by atoms with Crippen LogP contribution in [0.25, 0.3) is 0 Å². The summed E-state index contributed by atoms with van der Waals surface area (Å²) in [6.07, 6.45) is 2.34. The highest BCUT2D eigenvalue weighted by atomic mass is 32.2. The van der Waals surface area contributed by atoms with Crippen LogP contribution in [0.3, 0.4) is 0 Å². The number of carbonyl (C=O) groups excluding carboxylic acids is 2. The molecule has 0 spiro atoms. The van der Waals surface area contributed by atoms with Gasteiger partial charge in [-0.15, -0.1) is 0 Å². The number of nitrogens with zero attached hydrogens (tertiary/aromatic N) is 3. The van der Waals surface area contributed by atoms with E-state index in [1.807, 2.05) is 0 Å². The van der Waals surface area contributed by atoms with Crippen molar-refractivity contribution in [2.24, 2.45) is 0 Å². The Morgan fingerprint density at radius 3 is 2.27 bits per heavy atom. The van der Waals surface area contributed by atoms with E-state index in [0.717, 1.165) is 22.7 Å². The molecule has 0 aliphatic carbocycles. The number of sulfonamides is 1. The molecule has 1 unspecified atom stereocenters. The third-order valence-corrected chi connectivity index (χ3v) is 6.13. The number of anilines is 2.